The van der Waals surface area contributed by atoms with Gasteiger partial charge in [-0.1, -0.05) is 190 Å². The van der Waals surface area contributed by atoms with Crippen molar-refractivity contribution in [3.63, 3.8) is 0 Å². The molecule has 418 valence electrons. The average Bonchev–Trinajstić information content (AvgIpc) is 3.37. The summed E-state index contributed by atoms with van der Waals surface area (Å²) in [5.74, 6) is -3.17. The number of unbranched alkanes of at least 4 members (excludes halogenated alkanes) is 22. The molecule has 0 saturated carbocycles. The Morgan fingerprint density at radius 1 is 0.452 bits per heavy atom. The van der Waals surface area contributed by atoms with Crippen molar-refractivity contribution >= 4 is 23.9 Å². The Balaban J connectivity index is 2.70. The molecule has 0 spiro atoms. The summed E-state index contributed by atoms with van der Waals surface area (Å²) in [5.41, 5.74) is 0. The summed E-state index contributed by atoms with van der Waals surface area (Å²) < 4.78 is 28.3. The zero-order valence-electron chi connectivity index (χ0n) is 45.9. The van der Waals surface area contributed by atoms with Crippen LogP contribution in [0.2, 0.25) is 0 Å². The smallest absolute Gasteiger partial charge is 0.335 e. The summed E-state index contributed by atoms with van der Waals surface area (Å²) in [6.07, 6.45) is 48.8. The van der Waals surface area contributed by atoms with E-state index in [4.69, 9.17) is 23.7 Å². The van der Waals surface area contributed by atoms with Gasteiger partial charge in [0, 0.05) is 19.3 Å². The number of carboxylic acid groups (broad SMARTS) is 1. The van der Waals surface area contributed by atoms with E-state index in [1.807, 2.05) is 0 Å². The van der Waals surface area contributed by atoms with Crippen molar-refractivity contribution in [3.8, 4) is 0 Å². The first-order valence-corrected chi connectivity index (χ1v) is 28.9. The normalized spacial score (nSPS) is 18.8. The molecule has 6 unspecified atom stereocenters. The number of rotatable bonds is 48. The number of hydrogen-bond acceptors (Lipinski definition) is 11. The first-order chi connectivity index (χ1) is 35.6. The lowest BCUT2D eigenvalue weighted by molar-refractivity contribution is -0.301. The summed E-state index contributed by atoms with van der Waals surface area (Å²) >= 11 is 0. The van der Waals surface area contributed by atoms with Crippen LogP contribution in [0.3, 0.4) is 0 Å². The number of esters is 3. The minimum atomic E-state index is -1.91. The fraction of sp³-hybridized carbons (Fsp3) is 0.738. The molecular formula is C61H102O12. The molecule has 6 atom stereocenters. The number of aliphatic hydroxyl groups is 2. The van der Waals surface area contributed by atoms with Crippen LogP contribution in [0.4, 0.5) is 0 Å². The van der Waals surface area contributed by atoms with E-state index >= 15 is 0 Å². The van der Waals surface area contributed by atoms with Crippen molar-refractivity contribution in [1.82, 2.24) is 0 Å². The monoisotopic (exact) mass is 1030 g/mol. The van der Waals surface area contributed by atoms with Gasteiger partial charge in [0.25, 0.3) is 0 Å². The second kappa shape index (κ2) is 49.1. The molecule has 1 fully saturated rings. The summed E-state index contributed by atoms with van der Waals surface area (Å²) in [6, 6.07) is 0. The van der Waals surface area contributed by atoms with Gasteiger partial charge in [-0.3, -0.25) is 14.4 Å². The van der Waals surface area contributed by atoms with Crippen molar-refractivity contribution in [2.45, 2.75) is 276 Å². The molecule has 12 heteroatoms. The first kappa shape index (κ1) is 67.2. The number of carboxylic acids is 1. The van der Waals surface area contributed by atoms with Gasteiger partial charge in [-0.15, -0.1) is 0 Å². The highest BCUT2D eigenvalue weighted by atomic mass is 16.7. The standard InChI is InChI=1S/C61H102O12/c1-4-7-10-13-16-19-22-24-25-26-27-28-29-31-33-35-38-41-44-47-53(62)69-50-52(71-54(63)48-45-42-39-37-34-30-23-20-17-14-11-8-5-2)51-70-61-59(57(66)56(65)58(73-61)60(67)68)72-55(64)49-46-43-40-36-32-21-18-15-12-9-6-3/h11,14-16,18-20,23-25,27-28,52,56-59,61,65-66H,4-10,12-13,17,21-22,26,29-51H2,1-3H3,(H,67,68)/b14-11-,18-15-,19-16-,23-20-,25-24-,28-27-. The maximum atomic E-state index is 13.1. The predicted octanol–water partition coefficient (Wildman–Crippen LogP) is 14.6. The van der Waals surface area contributed by atoms with Gasteiger partial charge in [-0.25, -0.2) is 4.79 Å². The molecule has 73 heavy (non-hydrogen) atoms. The van der Waals surface area contributed by atoms with Gasteiger partial charge in [0.15, 0.2) is 24.6 Å². The van der Waals surface area contributed by atoms with E-state index in [0.717, 1.165) is 141 Å². The van der Waals surface area contributed by atoms with Gasteiger partial charge in [0.05, 0.1) is 6.61 Å². The Kier molecular flexibility index (Phi) is 45.1. The van der Waals surface area contributed by atoms with Crippen LogP contribution >= 0.6 is 0 Å². The Labute approximate surface area is 442 Å². The van der Waals surface area contributed by atoms with Gasteiger partial charge in [0.2, 0.25) is 0 Å². The van der Waals surface area contributed by atoms with Crippen LogP contribution < -0.4 is 0 Å². The van der Waals surface area contributed by atoms with Gasteiger partial charge in [-0.2, -0.15) is 0 Å². The lowest BCUT2D eigenvalue weighted by Gasteiger charge is -2.40. The molecule has 0 aromatic carbocycles. The van der Waals surface area contributed by atoms with E-state index in [2.05, 4.69) is 93.7 Å². The molecule has 1 aliphatic heterocycles. The third-order valence-corrected chi connectivity index (χ3v) is 12.7. The van der Waals surface area contributed by atoms with Gasteiger partial charge in [0.1, 0.15) is 18.8 Å². The molecular weight excluding hydrogens is 925 g/mol. The summed E-state index contributed by atoms with van der Waals surface area (Å²) in [4.78, 5) is 51.0. The third kappa shape index (κ3) is 39.3. The molecule has 1 aliphatic rings. The van der Waals surface area contributed by atoms with Crippen LogP contribution in [0.1, 0.15) is 239 Å². The average molecular weight is 1030 g/mol. The van der Waals surface area contributed by atoms with Crippen LogP contribution in [0.25, 0.3) is 0 Å². The molecule has 0 bridgehead atoms. The second-order valence-corrected chi connectivity index (χ2v) is 19.6. The Bertz CT molecular complexity index is 1550. The quantitative estimate of drug-likeness (QED) is 0.0228. The minimum Gasteiger partial charge on any atom is -0.479 e. The number of aliphatic hydroxyl groups excluding tert-OH is 2. The van der Waals surface area contributed by atoms with Gasteiger partial charge in [-0.05, 0) is 103 Å². The molecule has 1 rings (SSSR count). The predicted molar refractivity (Wildman–Crippen MR) is 294 cm³/mol. The van der Waals surface area contributed by atoms with Crippen molar-refractivity contribution in [3.05, 3.63) is 72.9 Å². The molecule has 3 N–H and O–H groups in total. The van der Waals surface area contributed by atoms with Crippen molar-refractivity contribution < 1.29 is 58.2 Å². The highest BCUT2D eigenvalue weighted by Gasteiger charge is 2.50. The molecule has 0 aliphatic carbocycles. The van der Waals surface area contributed by atoms with Crippen LogP contribution in [0, 0.1) is 0 Å². The maximum Gasteiger partial charge on any atom is 0.335 e. The molecule has 1 saturated heterocycles. The summed E-state index contributed by atoms with van der Waals surface area (Å²) in [7, 11) is 0. The van der Waals surface area contributed by atoms with Crippen LogP contribution in [0.15, 0.2) is 72.9 Å². The number of carbonyl (C=O) groups is 4. The third-order valence-electron chi connectivity index (χ3n) is 12.7. The Morgan fingerprint density at radius 2 is 0.863 bits per heavy atom. The van der Waals surface area contributed by atoms with Crippen LogP contribution in [0.5, 0.6) is 0 Å². The summed E-state index contributed by atoms with van der Waals surface area (Å²) in [6.45, 7) is 5.82. The van der Waals surface area contributed by atoms with Gasteiger partial charge < -0.3 is 39.0 Å². The van der Waals surface area contributed by atoms with E-state index < -0.39 is 67.3 Å². The number of ether oxygens (including phenoxy) is 5. The van der Waals surface area contributed by atoms with Crippen LogP contribution in [-0.4, -0.2) is 89.2 Å². The second-order valence-electron chi connectivity index (χ2n) is 19.6. The molecule has 0 aromatic rings. The number of aliphatic carboxylic acids is 1. The van der Waals surface area contributed by atoms with E-state index in [1.165, 1.54) is 38.5 Å². The van der Waals surface area contributed by atoms with E-state index in [1.54, 1.807) is 0 Å². The van der Waals surface area contributed by atoms with E-state index in [9.17, 15) is 34.5 Å². The van der Waals surface area contributed by atoms with Crippen LogP contribution in [-0.2, 0) is 42.9 Å². The number of carbonyl (C=O) groups excluding carboxylic acids is 3. The van der Waals surface area contributed by atoms with Crippen molar-refractivity contribution in [1.29, 1.82) is 0 Å². The molecule has 0 amide bonds. The molecule has 12 nitrogen and oxygen atoms in total. The lowest BCUT2D eigenvalue weighted by Crippen LogP contribution is -2.61. The van der Waals surface area contributed by atoms with Gasteiger partial charge >= 0.3 is 23.9 Å². The lowest BCUT2D eigenvalue weighted by atomic mass is 9.98. The zero-order chi connectivity index (χ0) is 53.3. The Hall–Kier alpha value is -3.84. The number of hydrogen-bond donors (Lipinski definition) is 3. The zero-order valence-corrected chi connectivity index (χ0v) is 45.9. The topological polar surface area (TPSA) is 175 Å². The number of allylic oxidation sites excluding steroid dienone is 12. The molecule has 1 heterocycles. The first-order valence-electron chi connectivity index (χ1n) is 28.9. The molecule has 0 aromatic heterocycles. The SMILES string of the molecule is CCC/C=C\C/C=C\CCCCCCCC(=O)OC(COC(=O)CCCCCCCC/C=C\C/C=C\C/C=C\CCCCC)COC1OC(C(=O)O)C(O)C(O)C1OC(=O)CCCCCCC/C=C\CCCC. The van der Waals surface area contributed by atoms with Crippen molar-refractivity contribution in [2.75, 3.05) is 13.2 Å². The maximum absolute atomic E-state index is 13.1. The largest absolute Gasteiger partial charge is 0.479 e. The highest BCUT2D eigenvalue weighted by Crippen LogP contribution is 2.26. The fourth-order valence-electron chi connectivity index (χ4n) is 8.22. The summed E-state index contributed by atoms with van der Waals surface area (Å²) in [5, 5.41) is 31.4. The highest BCUT2D eigenvalue weighted by molar-refractivity contribution is 5.74. The minimum absolute atomic E-state index is 0.0450. The van der Waals surface area contributed by atoms with E-state index in [-0.39, 0.29) is 25.9 Å². The fourth-order valence-corrected chi connectivity index (χ4v) is 8.22. The van der Waals surface area contributed by atoms with E-state index in [0.29, 0.717) is 19.3 Å². The Morgan fingerprint density at radius 3 is 1.36 bits per heavy atom. The molecule has 0 radical (unpaired) electrons. The van der Waals surface area contributed by atoms with Crippen molar-refractivity contribution in [2.24, 2.45) is 0 Å².